The Balaban J connectivity index is 1.70. The van der Waals surface area contributed by atoms with E-state index in [0.29, 0.717) is 5.89 Å². The standard InChI is InChI=1S/C14H14N4O3S2/c1-2-11-3-4-13(22-11)23(19,20)16-9-12-17-18-14(21-12)10-5-7-15-8-6-10/h3-8,16H,2,9H2,1H3. The van der Waals surface area contributed by atoms with Crippen LogP contribution in [0, 0.1) is 0 Å². The molecule has 0 saturated heterocycles. The van der Waals surface area contributed by atoms with Crippen LogP contribution in [-0.4, -0.2) is 23.6 Å². The van der Waals surface area contributed by atoms with Crippen LogP contribution in [-0.2, 0) is 23.0 Å². The molecule has 0 unspecified atom stereocenters. The van der Waals surface area contributed by atoms with Gasteiger partial charge in [0.25, 0.3) is 10.0 Å². The van der Waals surface area contributed by atoms with E-state index < -0.39 is 10.0 Å². The van der Waals surface area contributed by atoms with Crippen molar-refractivity contribution in [2.24, 2.45) is 0 Å². The summed E-state index contributed by atoms with van der Waals surface area (Å²) >= 11 is 1.25. The molecule has 0 atom stereocenters. The van der Waals surface area contributed by atoms with Gasteiger partial charge in [-0.15, -0.1) is 21.5 Å². The van der Waals surface area contributed by atoms with Gasteiger partial charge in [-0.3, -0.25) is 4.98 Å². The maximum absolute atomic E-state index is 12.2. The molecule has 0 aliphatic carbocycles. The Morgan fingerprint density at radius 3 is 2.65 bits per heavy atom. The minimum absolute atomic E-state index is 0.0558. The molecule has 9 heteroatoms. The van der Waals surface area contributed by atoms with Crippen molar-refractivity contribution in [3.8, 4) is 11.5 Å². The van der Waals surface area contributed by atoms with Crippen molar-refractivity contribution < 1.29 is 12.8 Å². The van der Waals surface area contributed by atoms with Crippen LogP contribution in [0.15, 0.2) is 45.3 Å². The molecule has 7 nitrogen and oxygen atoms in total. The first-order valence-corrected chi connectivity index (χ1v) is 9.19. The zero-order chi connectivity index (χ0) is 16.3. The van der Waals surface area contributed by atoms with Gasteiger partial charge < -0.3 is 4.42 Å². The second-order valence-electron chi connectivity index (χ2n) is 4.64. The van der Waals surface area contributed by atoms with E-state index in [1.807, 2.05) is 13.0 Å². The number of rotatable bonds is 6. The first-order valence-electron chi connectivity index (χ1n) is 6.89. The van der Waals surface area contributed by atoms with Crippen molar-refractivity contribution in [3.63, 3.8) is 0 Å². The molecule has 3 rings (SSSR count). The minimum atomic E-state index is -3.57. The Hall–Kier alpha value is -2.10. The van der Waals surface area contributed by atoms with Gasteiger partial charge in [0.2, 0.25) is 11.8 Å². The highest BCUT2D eigenvalue weighted by molar-refractivity contribution is 7.91. The monoisotopic (exact) mass is 350 g/mol. The van der Waals surface area contributed by atoms with E-state index in [2.05, 4.69) is 19.9 Å². The molecule has 0 fully saturated rings. The molecule has 23 heavy (non-hydrogen) atoms. The highest BCUT2D eigenvalue weighted by atomic mass is 32.2. The maximum atomic E-state index is 12.2. The average Bonchev–Trinajstić information content (AvgIpc) is 3.23. The van der Waals surface area contributed by atoms with Gasteiger partial charge in [0.1, 0.15) is 4.21 Å². The summed E-state index contributed by atoms with van der Waals surface area (Å²) in [6.45, 7) is 1.93. The topological polar surface area (TPSA) is 98.0 Å². The molecule has 0 amide bonds. The van der Waals surface area contributed by atoms with Crippen molar-refractivity contribution in [3.05, 3.63) is 47.4 Å². The number of hydrogen-bond donors (Lipinski definition) is 1. The van der Waals surface area contributed by atoms with E-state index in [1.54, 1.807) is 30.6 Å². The van der Waals surface area contributed by atoms with Crippen molar-refractivity contribution >= 4 is 21.4 Å². The Kier molecular flexibility index (Phi) is 4.51. The van der Waals surface area contributed by atoms with E-state index in [4.69, 9.17) is 4.42 Å². The summed E-state index contributed by atoms with van der Waals surface area (Å²) < 4.78 is 32.6. The number of thiophene rings is 1. The number of hydrogen-bond acceptors (Lipinski definition) is 7. The third-order valence-corrected chi connectivity index (χ3v) is 6.18. The Labute approximate surface area is 137 Å². The number of pyridine rings is 1. The molecule has 0 saturated carbocycles. The highest BCUT2D eigenvalue weighted by Crippen LogP contribution is 2.22. The van der Waals surface area contributed by atoms with Gasteiger partial charge >= 0.3 is 0 Å². The molecule has 3 aromatic heterocycles. The third kappa shape index (κ3) is 3.63. The van der Waals surface area contributed by atoms with E-state index in [0.717, 1.165) is 16.9 Å². The van der Waals surface area contributed by atoms with Gasteiger partial charge in [-0.25, -0.2) is 13.1 Å². The molecular formula is C14H14N4O3S2. The quantitative estimate of drug-likeness (QED) is 0.732. The number of nitrogens with one attached hydrogen (secondary N) is 1. The molecule has 0 radical (unpaired) electrons. The summed E-state index contributed by atoms with van der Waals surface area (Å²) in [7, 11) is -3.57. The Morgan fingerprint density at radius 2 is 1.96 bits per heavy atom. The lowest BCUT2D eigenvalue weighted by Gasteiger charge is -2.01. The van der Waals surface area contributed by atoms with Gasteiger partial charge in [0, 0.05) is 22.8 Å². The van der Waals surface area contributed by atoms with Crippen LogP contribution < -0.4 is 4.72 Å². The second kappa shape index (κ2) is 6.57. The zero-order valence-electron chi connectivity index (χ0n) is 12.3. The SMILES string of the molecule is CCc1ccc(S(=O)(=O)NCc2nnc(-c3ccncc3)o2)s1. The normalized spacial score (nSPS) is 11.7. The van der Waals surface area contributed by atoms with Crippen LogP contribution >= 0.6 is 11.3 Å². The number of aryl methyl sites for hydroxylation is 1. The zero-order valence-corrected chi connectivity index (χ0v) is 13.9. The minimum Gasteiger partial charge on any atom is -0.419 e. The predicted octanol–water partition coefficient (Wildman–Crippen LogP) is 2.23. The highest BCUT2D eigenvalue weighted by Gasteiger charge is 2.18. The predicted molar refractivity (Wildman–Crippen MR) is 85.3 cm³/mol. The summed E-state index contributed by atoms with van der Waals surface area (Å²) in [6, 6.07) is 6.88. The van der Waals surface area contributed by atoms with Crippen molar-refractivity contribution in [1.29, 1.82) is 0 Å². The number of aromatic nitrogens is 3. The van der Waals surface area contributed by atoms with Gasteiger partial charge in [0.05, 0.1) is 6.54 Å². The third-order valence-electron chi connectivity index (χ3n) is 3.06. The summed E-state index contributed by atoms with van der Waals surface area (Å²) in [5.74, 6) is 0.527. The van der Waals surface area contributed by atoms with Crippen LogP contribution in [0.25, 0.3) is 11.5 Å². The lowest BCUT2D eigenvalue weighted by Crippen LogP contribution is -2.22. The van der Waals surface area contributed by atoms with Crippen LogP contribution in [0.5, 0.6) is 0 Å². The molecule has 0 bridgehead atoms. The van der Waals surface area contributed by atoms with E-state index in [-0.39, 0.29) is 16.6 Å². The fourth-order valence-electron chi connectivity index (χ4n) is 1.86. The summed E-state index contributed by atoms with van der Waals surface area (Å²) in [4.78, 5) is 4.93. The Morgan fingerprint density at radius 1 is 1.17 bits per heavy atom. The molecule has 1 N–H and O–H groups in total. The second-order valence-corrected chi connectivity index (χ2v) is 7.80. The van der Waals surface area contributed by atoms with Crippen LogP contribution in [0.2, 0.25) is 0 Å². The molecule has 0 aromatic carbocycles. The molecule has 0 aliphatic heterocycles. The fraction of sp³-hybridized carbons (Fsp3) is 0.214. The van der Waals surface area contributed by atoms with Crippen LogP contribution in [0.3, 0.4) is 0 Å². The molecule has 3 aromatic rings. The van der Waals surface area contributed by atoms with Crippen LogP contribution in [0.1, 0.15) is 17.7 Å². The molecule has 0 spiro atoms. The molecule has 0 aliphatic rings. The maximum Gasteiger partial charge on any atom is 0.250 e. The van der Waals surface area contributed by atoms with Crippen molar-refractivity contribution in [1.82, 2.24) is 19.9 Å². The number of sulfonamides is 1. The van der Waals surface area contributed by atoms with Crippen LogP contribution in [0.4, 0.5) is 0 Å². The summed E-state index contributed by atoms with van der Waals surface area (Å²) in [6.07, 6.45) is 4.03. The van der Waals surface area contributed by atoms with Gasteiger partial charge in [-0.2, -0.15) is 0 Å². The van der Waals surface area contributed by atoms with Gasteiger partial charge in [0.15, 0.2) is 0 Å². The van der Waals surface area contributed by atoms with Crippen molar-refractivity contribution in [2.45, 2.75) is 24.1 Å². The largest absolute Gasteiger partial charge is 0.419 e. The lowest BCUT2D eigenvalue weighted by molar-refractivity contribution is 0.494. The summed E-state index contributed by atoms with van der Waals surface area (Å²) in [5.41, 5.74) is 0.729. The smallest absolute Gasteiger partial charge is 0.250 e. The van der Waals surface area contributed by atoms with E-state index >= 15 is 0 Å². The van der Waals surface area contributed by atoms with Gasteiger partial charge in [-0.05, 0) is 30.7 Å². The lowest BCUT2D eigenvalue weighted by atomic mass is 10.3. The average molecular weight is 350 g/mol. The first-order chi connectivity index (χ1) is 11.1. The molecule has 120 valence electrons. The fourth-order valence-corrected chi connectivity index (χ4v) is 4.17. The molecule has 3 heterocycles. The van der Waals surface area contributed by atoms with Gasteiger partial charge in [-0.1, -0.05) is 6.92 Å². The first kappa shape index (κ1) is 15.8. The van der Waals surface area contributed by atoms with E-state index in [1.165, 1.54) is 11.3 Å². The molecular weight excluding hydrogens is 336 g/mol. The van der Waals surface area contributed by atoms with Crippen molar-refractivity contribution in [2.75, 3.05) is 0 Å². The Bertz CT molecular complexity index is 888. The summed E-state index contributed by atoms with van der Waals surface area (Å²) in [5, 5.41) is 7.75. The number of nitrogens with zero attached hydrogens (tertiary/aromatic N) is 3. The van der Waals surface area contributed by atoms with E-state index in [9.17, 15) is 8.42 Å².